The van der Waals surface area contributed by atoms with Crippen LogP contribution in [0.2, 0.25) is 0 Å². The Balaban J connectivity index is 2.30. The second kappa shape index (κ2) is 4.43. The van der Waals surface area contributed by atoms with Gasteiger partial charge in [-0.15, -0.1) is 0 Å². The zero-order chi connectivity index (χ0) is 10.7. The van der Waals surface area contributed by atoms with Crippen molar-refractivity contribution < 1.29 is 4.74 Å². The van der Waals surface area contributed by atoms with E-state index in [0.29, 0.717) is 17.3 Å². The molecule has 0 atom stereocenters. The van der Waals surface area contributed by atoms with Gasteiger partial charge >= 0.3 is 0 Å². The summed E-state index contributed by atoms with van der Waals surface area (Å²) in [5.74, 6) is 1.12. The summed E-state index contributed by atoms with van der Waals surface area (Å²) >= 11 is 2.11. The lowest BCUT2D eigenvalue weighted by Gasteiger charge is -2.07. The number of hydrogen-bond acceptors (Lipinski definition) is 4. The highest BCUT2D eigenvalue weighted by Crippen LogP contribution is 2.27. The molecule has 0 amide bonds. The summed E-state index contributed by atoms with van der Waals surface area (Å²) in [6, 6.07) is 7.30. The number of aromatic nitrogens is 2. The third-order valence-electron chi connectivity index (χ3n) is 1.76. The van der Waals surface area contributed by atoms with Crippen molar-refractivity contribution in [2.24, 2.45) is 0 Å². The Morgan fingerprint density at radius 3 is 2.80 bits per heavy atom. The van der Waals surface area contributed by atoms with Gasteiger partial charge in [0.25, 0.3) is 0 Å². The number of hydrogen-bond donors (Lipinski definition) is 1. The third kappa shape index (κ3) is 2.35. The molecule has 76 valence electrons. The van der Waals surface area contributed by atoms with E-state index in [-0.39, 0.29) is 0 Å². The molecule has 1 aromatic heterocycles. The predicted molar refractivity (Wildman–Crippen MR) is 65.7 cm³/mol. The van der Waals surface area contributed by atoms with E-state index in [4.69, 9.17) is 10.5 Å². The summed E-state index contributed by atoms with van der Waals surface area (Å²) in [6.45, 7) is 0. The van der Waals surface area contributed by atoms with E-state index in [1.807, 2.05) is 12.1 Å². The van der Waals surface area contributed by atoms with E-state index in [0.717, 1.165) is 3.57 Å². The Bertz CT molecular complexity index is 432. The van der Waals surface area contributed by atoms with Crippen LogP contribution in [-0.4, -0.2) is 9.97 Å². The van der Waals surface area contributed by atoms with Crippen LogP contribution in [0.5, 0.6) is 11.6 Å². The molecule has 2 rings (SSSR count). The second-order valence-electron chi connectivity index (χ2n) is 2.82. The van der Waals surface area contributed by atoms with Crippen LogP contribution in [0.15, 0.2) is 36.8 Å². The van der Waals surface area contributed by atoms with Gasteiger partial charge in [0.15, 0.2) is 5.75 Å². The molecule has 0 unspecified atom stereocenters. The van der Waals surface area contributed by atoms with Crippen LogP contribution >= 0.6 is 22.6 Å². The summed E-state index contributed by atoms with van der Waals surface area (Å²) in [4.78, 5) is 7.90. The summed E-state index contributed by atoms with van der Waals surface area (Å²) in [5, 5.41) is 0. The molecule has 2 N–H and O–H groups in total. The van der Waals surface area contributed by atoms with Crippen LogP contribution in [0.1, 0.15) is 0 Å². The molecule has 2 aromatic rings. The minimum Gasteiger partial charge on any atom is -0.436 e. The van der Waals surface area contributed by atoms with Crippen molar-refractivity contribution in [3.05, 3.63) is 40.4 Å². The molecular weight excluding hydrogens is 305 g/mol. The average Bonchev–Trinajstić information content (AvgIpc) is 2.24. The van der Waals surface area contributed by atoms with Gasteiger partial charge in [0.1, 0.15) is 6.33 Å². The zero-order valence-corrected chi connectivity index (χ0v) is 9.88. The molecule has 0 bridgehead atoms. The van der Waals surface area contributed by atoms with Crippen LogP contribution in [0.25, 0.3) is 0 Å². The Kier molecular flexibility index (Phi) is 3.00. The van der Waals surface area contributed by atoms with Crippen molar-refractivity contribution in [3.8, 4) is 11.6 Å². The first-order valence-electron chi connectivity index (χ1n) is 4.25. The Morgan fingerprint density at radius 2 is 2.07 bits per heavy atom. The van der Waals surface area contributed by atoms with Crippen LogP contribution in [0, 0.1) is 3.57 Å². The van der Waals surface area contributed by atoms with E-state index in [1.54, 1.807) is 18.3 Å². The summed E-state index contributed by atoms with van der Waals surface area (Å²) in [5.41, 5.74) is 6.34. The average molecular weight is 313 g/mol. The van der Waals surface area contributed by atoms with Crippen LogP contribution in [0.3, 0.4) is 0 Å². The lowest BCUT2D eigenvalue weighted by molar-refractivity contribution is 0.460. The fraction of sp³-hybridized carbons (Fsp3) is 0. The highest BCUT2D eigenvalue weighted by Gasteiger charge is 2.05. The number of nitrogen functional groups attached to an aromatic ring is 1. The van der Waals surface area contributed by atoms with E-state index < -0.39 is 0 Å². The number of nitrogens with zero attached hydrogens (tertiary/aromatic N) is 2. The first-order chi connectivity index (χ1) is 7.27. The van der Waals surface area contributed by atoms with E-state index in [2.05, 4.69) is 32.6 Å². The molecule has 15 heavy (non-hydrogen) atoms. The first-order valence-corrected chi connectivity index (χ1v) is 5.33. The van der Waals surface area contributed by atoms with Gasteiger partial charge in [-0.25, -0.2) is 9.97 Å². The quantitative estimate of drug-likeness (QED) is 0.683. The number of para-hydroxylation sites is 2. The first kappa shape index (κ1) is 10.2. The van der Waals surface area contributed by atoms with Gasteiger partial charge in [0.05, 0.1) is 9.26 Å². The number of anilines is 1. The lowest BCUT2D eigenvalue weighted by Crippen LogP contribution is -1.95. The number of rotatable bonds is 2. The van der Waals surface area contributed by atoms with Gasteiger partial charge in [-0.3, -0.25) is 0 Å². The molecule has 0 saturated heterocycles. The molecule has 0 aliphatic heterocycles. The molecule has 0 fully saturated rings. The van der Waals surface area contributed by atoms with Gasteiger partial charge in [-0.05, 0) is 34.7 Å². The minimum absolute atomic E-state index is 0.517. The van der Waals surface area contributed by atoms with Crippen LogP contribution < -0.4 is 10.5 Å². The van der Waals surface area contributed by atoms with E-state index in [1.165, 1.54) is 6.33 Å². The van der Waals surface area contributed by atoms with Crippen molar-refractivity contribution in [2.75, 3.05) is 5.73 Å². The van der Waals surface area contributed by atoms with Gasteiger partial charge in [0.2, 0.25) is 5.88 Å². The van der Waals surface area contributed by atoms with Gasteiger partial charge in [-0.2, -0.15) is 0 Å². The number of halogens is 1. The number of ether oxygens (including phenoxy) is 1. The van der Waals surface area contributed by atoms with Gasteiger partial charge < -0.3 is 10.5 Å². The Hall–Kier alpha value is -1.37. The summed E-state index contributed by atoms with van der Waals surface area (Å²) in [7, 11) is 0. The monoisotopic (exact) mass is 313 g/mol. The zero-order valence-electron chi connectivity index (χ0n) is 7.72. The van der Waals surface area contributed by atoms with Crippen molar-refractivity contribution in [1.29, 1.82) is 0 Å². The van der Waals surface area contributed by atoms with Crippen LogP contribution in [-0.2, 0) is 0 Å². The molecule has 0 spiro atoms. The Labute approximate surface area is 101 Å². The van der Waals surface area contributed by atoms with Crippen molar-refractivity contribution in [3.63, 3.8) is 0 Å². The maximum absolute atomic E-state index is 5.75. The van der Waals surface area contributed by atoms with E-state index >= 15 is 0 Å². The molecule has 0 aliphatic rings. The lowest BCUT2D eigenvalue weighted by atomic mass is 10.3. The smallest absolute Gasteiger partial charge is 0.235 e. The fourth-order valence-electron chi connectivity index (χ4n) is 1.05. The normalized spacial score (nSPS) is 9.93. The van der Waals surface area contributed by atoms with Crippen molar-refractivity contribution in [1.82, 2.24) is 9.97 Å². The highest BCUT2D eigenvalue weighted by molar-refractivity contribution is 14.1. The molecule has 0 aliphatic carbocycles. The Morgan fingerprint density at radius 1 is 1.27 bits per heavy atom. The summed E-state index contributed by atoms with van der Waals surface area (Å²) < 4.78 is 6.40. The molecule has 0 radical (unpaired) electrons. The molecule has 5 heteroatoms. The SMILES string of the molecule is Nc1ccccc1Oc1ncncc1I. The topological polar surface area (TPSA) is 61.0 Å². The molecule has 4 nitrogen and oxygen atoms in total. The van der Waals surface area contributed by atoms with Crippen molar-refractivity contribution >= 4 is 28.3 Å². The predicted octanol–water partition coefficient (Wildman–Crippen LogP) is 2.46. The minimum atomic E-state index is 0.517. The maximum Gasteiger partial charge on any atom is 0.235 e. The highest BCUT2D eigenvalue weighted by atomic mass is 127. The van der Waals surface area contributed by atoms with E-state index in [9.17, 15) is 0 Å². The van der Waals surface area contributed by atoms with Crippen molar-refractivity contribution in [2.45, 2.75) is 0 Å². The molecule has 0 saturated carbocycles. The third-order valence-corrected chi connectivity index (χ3v) is 2.50. The van der Waals surface area contributed by atoms with Gasteiger partial charge in [-0.1, -0.05) is 12.1 Å². The standard InChI is InChI=1S/C10H8IN3O/c11-7-5-13-6-14-10(7)15-9-4-2-1-3-8(9)12/h1-6H,12H2. The maximum atomic E-state index is 5.75. The van der Waals surface area contributed by atoms with Crippen LogP contribution in [0.4, 0.5) is 5.69 Å². The van der Waals surface area contributed by atoms with Gasteiger partial charge in [0, 0.05) is 6.20 Å². The molecule has 1 heterocycles. The number of benzene rings is 1. The molecular formula is C10H8IN3O. The fourth-order valence-corrected chi connectivity index (χ4v) is 1.46. The molecule has 1 aromatic carbocycles. The second-order valence-corrected chi connectivity index (χ2v) is 3.98. The summed E-state index contributed by atoms with van der Waals surface area (Å²) in [6.07, 6.45) is 3.12. The number of nitrogens with two attached hydrogens (primary N) is 1. The largest absolute Gasteiger partial charge is 0.436 e.